The zero-order chi connectivity index (χ0) is 20.5. The molecule has 29 heavy (non-hydrogen) atoms. The minimum atomic E-state index is 0.550. The van der Waals surface area contributed by atoms with Gasteiger partial charge in [-0.05, 0) is 43.3 Å². The van der Waals surface area contributed by atoms with E-state index in [0.717, 1.165) is 22.5 Å². The summed E-state index contributed by atoms with van der Waals surface area (Å²) in [5.41, 5.74) is 3.55. The Kier molecular flexibility index (Phi) is 4.98. The number of ether oxygens (including phenoxy) is 2. The van der Waals surface area contributed by atoms with E-state index >= 15 is 0 Å². The van der Waals surface area contributed by atoms with Gasteiger partial charge in [0.1, 0.15) is 11.5 Å². The van der Waals surface area contributed by atoms with Crippen molar-refractivity contribution in [1.29, 1.82) is 0 Å². The Balaban J connectivity index is 1.74. The molecular formula is C21H20ClN5O2. The monoisotopic (exact) mass is 409 g/mol. The van der Waals surface area contributed by atoms with Gasteiger partial charge in [-0.25, -0.2) is 14.6 Å². The number of rotatable bonds is 5. The lowest BCUT2D eigenvalue weighted by molar-refractivity contribution is 0.413. The van der Waals surface area contributed by atoms with Gasteiger partial charge in [-0.1, -0.05) is 11.6 Å². The Hall–Kier alpha value is -3.32. The quantitative estimate of drug-likeness (QED) is 0.491. The summed E-state index contributed by atoms with van der Waals surface area (Å²) in [6.45, 7) is 1.95. The van der Waals surface area contributed by atoms with Crippen LogP contribution in [-0.2, 0) is 7.05 Å². The predicted octanol–water partition coefficient (Wildman–Crippen LogP) is 4.31. The van der Waals surface area contributed by atoms with E-state index in [0.29, 0.717) is 28.2 Å². The van der Waals surface area contributed by atoms with E-state index in [4.69, 9.17) is 26.1 Å². The summed E-state index contributed by atoms with van der Waals surface area (Å²) < 4.78 is 14.6. The highest BCUT2D eigenvalue weighted by molar-refractivity contribution is 6.32. The largest absolute Gasteiger partial charge is 0.495 e. The molecule has 0 aliphatic carbocycles. The van der Waals surface area contributed by atoms with Crippen LogP contribution in [-0.4, -0.2) is 38.5 Å². The molecule has 0 aliphatic rings. The second-order valence-corrected chi connectivity index (χ2v) is 6.95. The van der Waals surface area contributed by atoms with Crippen molar-refractivity contribution in [3.8, 4) is 40.0 Å². The maximum atomic E-state index is 6.14. The number of aryl methyl sites for hydroxylation is 2. The van der Waals surface area contributed by atoms with Crippen molar-refractivity contribution in [2.45, 2.75) is 6.92 Å². The highest BCUT2D eigenvalue weighted by atomic mass is 35.5. The van der Waals surface area contributed by atoms with Crippen LogP contribution < -0.4 is 9.47 Å². The molecule has 0 radical (unpaired) electrons. The average Bonchev–Trinajstić information content (AvgIpc) is 3.33. The molecule has 2 aromatic carbocycles. The van der Waals surface area contributed by atoms with Gasteiger partial charge in [-0.2, -0.15) is 5.10 Å². The second kappa shape index (κ2) is 7.60. The average molecular weight is 410 g/mol. The lowest BCUT2D eigenvalue weighted by Crippen LogP contribution is -1.97. The third-order valence-corrected chi connectivity index (χ3v) is 4.91. The lowest BCUT2D eigenvalue weighted by atomic mass is 10.1. The highest BCUT2D eigenvalue weighted by Crippen LogP contribution is 2.32. The molecule has 148 valence electrons. The molecule has 0 aliphatic heterocycles. The molecular weight excluding hydrogens is 390 g/mol. The van der Waals surface area contributed by atoms with Crippen LogP contribution in [0.5, 0.6) is 11.5 Å². The van der Waals surface area contributed by atoms with Gasteiger partial charge in [-0.3, -0.25) is 0 Å². The van der Waals surface area contributed by atoms with Crippen molar-refractivity contribution in [3.63, 3.8) is 0 Å². The summed E-state index contributed by atoms with van der Waals surface area (Å²) in [5, 5.41) is 5.12. The first-order chi connectivity index (χ1) is 14.0. The number of imidazole rings is 1. The molecule has 4 aromatic rings. The number of aromatic nitrogens is 5. The minimum absolute atomic E-state index is 0.550. The van der Waals surface area contributed by atoms with Gasteiger partial charge < -0.3 is 14.0 Å². The Labute approximate surface area is 173 Å². The van der Waals surface area contributed by atoms with Crippen molar-refractivity contribution in [2.75, 3.05) is 14.2 Å². The van der Waals surface area contributed by atoms with Crippen molar-refractivity contribution < 1.29 is 9.47 Å². The molecule has 7 nitrogen and oxygen atoms in total. The third-order valence-electron chi connectivity index (χ3n) is 4.60. The molecule has 0 saturated carbocycles. The highest BCUT2D eigenvalue weighted by Gasteiger charge is 2.15. The van der Waals surface area contributed by atoms with E-state index in [1.165, 1.54) is 0 Å². The third kappa shape index (κ3) is 3.56. The van der Waals surface area contributed by atoms with Crippen molar-refractivity contribution in [3.05, 3.63) is 59.6 Å². The first-order valence-corrected chi connectivity index (χ1v) is 9.32. The van der Waals surface area contributed by atoms with E-state index < -0.39 is 0 Å². The summed E-state index contributed by atoms with van der Waals surface area (Å²) >= 11 is 6.14. The zero-order valence-corrected chi connectivity index (χ0v) is 17.3. The Bertz CT molecular complexity index is 1180. The van der Waals surface area contributed by atoms with Gasteiger partial charge in [-0.15, -0.1) is 0 Å². The molecule has 4 rings (SSSR count). The number of nitrogens with zero attached hydrogens (tertiary/aromatic N) is 5. The molecule has 0 unspecified atom stereocenters. The number of hydrogen-bond donors (Lipinski definition) is 0. The van der Waals surface area contributed by atoms with E-state index in [-0.39, 0.29) is 0 Å². The van der Waals surface area contributed by atoms with Crippen LogP contribution in [0, 0.1) is 6.92 Å². The molecule has 2 aromatic heterocycles. The molecule has 0 amide bonds. The van der Waals surface area contributed by atoms with Gasteiger partial charge in [0.25, 0.3) is 0 Å². The fourth-order valence-electron chi connectivity index (χ4n) is 3.14. The van der Waals surface area contributed by atoms with Crippen molar-refractivity contribution in [2.24, 2.45) is 7.05 Å². The van der Waals surface area contributed by atoms with Crippen LogP contribution in [0.2, 0.25) is 5.02 Å². The van der Waals surface area contributed by atoms with Crippen LogP contribution in [0.4, 0.5) is 0 Å². The van der Waals surface area contributed by atoms with E-state index in [1.807, 2.05) is 55.1 Å². The van der Waals surface area contributed by atoms with E-state index in [1.54, 1.807) is 31.3 Å². The van der Waals surface area contributed by atoms with Crippen molar-refractivity contribution in [1.82, 2.24) is 24.3 Å². The Morgan fingerprint density at radius 2 is 1.69 bits per heavy atom. The van der Waals surface area contributed by atoms with Crippen LogP contribution >= 0.6 is 11.6 Å². The standard InChI is InChI=1S/C21H20ClN5O2/c1-13-11-27(12-23-13)17-8-6-14(9-19(17)29-4)20-24-21(26(2)25-20)15-5-7-16(22)18(10-15)28-3/h5-12H,1-4H3. The summed E-state index contributed by atoms with van der Waals surface area (Å²) in [6, 6.07) is 11.4. The number of hydrogen-bond acceptors (Lipinski definition) is 5. The summed E-state index contributed by atoms with van der Waals surface area (Å²) in [6.07, 6.45) is 3.71. The van der Waals surface area contributed by atoms with E-state index in [2.05, 4.69) is 10.1 Å². The van der Waals surface area contributed by atoms with E-state index in [9.17, 15) is 0 Å². The summed E-state index contributed by atoms with van der Waals surface area (Å²) in [5.74, 6) is 2.61. The molecule has 0 spiro atoms. The second-order valence-electron chi connectivity index (χ2n) is 6.54. The number of methoxy groups -OCH3 is 2. The van der Waals surface area contributed by atoms with Gasteiger partial charge >= 0.3 is 0 Å². The summed E-state index contributed by atoms with van der Waals surface area (Å²) in [4.78, 5) is 8.99. The van der Waals surface area contributed by atoms with Gasteiger partial charge in [0.05, 0.1) is 37.0 Å². The topological polar surface area (TPSA) is 67.0 Å². The number of halogens is 1. The normalized spacial score (nSPS) is 10.9. The molecule has 0 fully saturated rings. The maximum absolute atomic E-state index is 6.14. The van der Waals surface area contributed by atoms with Crippen LogP contribution in [0.25, 0.3) is 28.5 Å². The summed E-state index contributed by atoms with van der Waals surface area (Å²) in [7, 11) is 5.08. The molecule has 0 bridgehead atoms. The Morgan fingerprint density at radius 1 is 0.966 bits per heavy atom. The van der Waals surface area contributed by atoms with Crippen LogP contribution in [0.15, 0.2) is 48.9 Å². The van der Waals surface area contributed by atoms with Gasteiger partial charge in [0.2, 0.25) is 0 Å². The van der Waals surface area contributed by atoms with Crippen molar-refractivity contribution >= 4 is 11.6 Å². The SMILES string of the molecule is COc1cc(-c2nc(-c3ccc(-n4cnc(C)c4)c(OC)c3)nn2C)ccc1Cl. The minimum Gasteiger partial charge on any atom is -0.495 e. The first-order valence-electron chi connectivity index (χ1n) is 8.94. The number of benzene rings is 2. The maximum Gasteiger partial charge on any atom is 0.181 e. The fourth-order valence-corrected chi connectivity index (χ4v) is 3.33. The van der Waals surface area contributed by atoms with Gasteiger partial charge in [0.15, 0.2) is 11.6 Å². The fraction of sp³-hybridized carbons (Fsp3) is 0.190. The zero-order valence-electron chi connectivity index (χ0n) is 16.5. The first kappa shape index (κ1) is 19.0. The predicted molar refractivity (Wildman–Crippen MR) is 112 cm³/mol. The molecule has 0 N–H and O–H groups in total. The molecule has 8 heteroatoms. The molecule has 0 atom stereocenters. The van der Waals surface area contributed by atoms with Gasteiger partial charge in [0, 0.05) is 24.4 Å². The van der Waals surface area contributed by atoms with Crippen LogP contribution in [0.1, 0.15) is 5.69 Å². The lowest BCUT2D eigenvalue weighted by Gasteiger charge is -2.10. The molecule has 0 saturated heterocycles. The van der Waals surface area contributed by atoms with Crippen LogP contribution in [0.3, 0.4) is 0 Å². The molecule has 2 heterocycles. The Morgan fingerprint density at radius 3 is 2.38 bits per heavy atom. The smallest absolute Gasteiger partial charge is 0.181 e.